The summed E-state index contributed by atoms with van der Waals surface area (Å²) in [5, 5.41) is 0. The third-order valence-corrected chi connectivity index (χ3v) is 6.71. The summed E-state index contributed by atoms with van der Waals surface area (Å²) in [5.74, 6) is 5.25. The van der Waals surface area contributed by atoms with E-state index in [2.05, 4.69) is 25.8 Å². The molecule has 0 aliphatic rings. The number of nitrogens with two attached hydrogens (primary N) is 1. The second kappa shape index (κ2) is 4.03. The predicted octanol–water partition coefficient (Wildman–Crippen LogP) is 1.11. The maximum absolute atomic E-state index is 5.25. The minimum absolute atomic E-state index is 0.933. The van der Waals surface area contributed by atoms with Gasteiger partial charge in [0.05, 0.1) is 8.07 Å². The van der Waals surface area contributed by atoms with Crippen LogP contribution in [0.5, 0.6) is 0 Å². The molecule has 2 nitrogen and oxygen atoms in total. The van der Waals surface area contributed by atoms with Crippen molar-refractivity contribution in [2.24, 2.45) is 5.84 Å². The lowest BCUT2D eigenvalue weighted by atomic mass is 10.9. The van der Waals surface area contributed by atoms with Gasteiger partial charge in [0.25, 0.3) is 0 Å². The minimum Gasteiger partial charge on any atom is -0.272 e. The Hall–Kier alpha value is 0.137. The minimum atomic E-state index is -0.933. The van der Waals surface area contributed by atoms with Crippen LogP contribution in [0.15, 0.2) is 0 Å². The number of hydrogen-bond donors (Lipinski definition) is 2. The van der Waals surface area contributed by atoms with Crippen molar-refractivity contribution >= 4 is 8.07 Å². The van der Waals surface area contributed by atoms with E-state index >= 15 is 0 Å². The fourth-order valence-corrected chi connectivity index (χ4v) is 2.24. The molecular weight excluding hydrogens is 128 g/mol. The average molecular weight is 146 g/mol. The molecule has 0 atom stereocenters. The van der Waals surface area contributed by atoms with Crippen molar-refractivity contribution in [1.82, 2.24) is 5.43 Å². The molecule has 3 heteroatoms. The summed E-state index contributed by atoms with van der Waals surface area (Å²) in [6.07, 6.45) is 1.06. The number of hydrogen-bond acceptors (Lipinski definition) is 2. The van der Waals surface area contributed by atoms with Gasteiger partial charge in [-0.3, -0.25) is 11.3 Å². The van der Waals surface area contributed by atoms with Gasteiger partial charge in [0.1, 0.15) is 0 Å². The molecule has 56 valence electrons. The van der Waals surface area contributed by atoms with E-state index in [1.807, 2.05) is 0 Å². The molecule has 0 aromatic carbocycles. The third-order valence-electron chi connectivity index (χ3n) is 2.24. The van der Waals surface area contributed by atoms with Gasteiger partial charge in [-0.05, 0) is 0 Å². The Morgan fingerprint density at radius 1 is 1.33 bits per heavy atom. The van der Waals surface area contributed by atoms with Gasteiger partial charge < -0.3 is 0 Å². The molecule has 9 heavy (non-hydrogen) atoms. The molecular formula is C6H18N2Si. The first kappa shape index (κ1) is 9.14. The molecule has 0 amide bonds. The SMILES string of the molecule is CC[Si](C)(CC)CNN. The van der Waals surface area contributed by atoms with Gasteiger partial charge in [0, 0.05) is 6.17 Å². The van der Waals surface area contributed by atoms with Gasteiger partial charge in [0.15, 0.2) is 0 Å². The van der Waals surface area contributed by atoms with Gasteiger partial charge in [-0.2, -0.15) is 0 Å². The Morgan fingerprint density at radius 2 is 1.78 bits per heavy atom. The van der Waals surface area contributed by atoms with E-state index < -0.39 is 8.07 Å². The molecule has 0 aromatic rings. The highest BCUT2D eigenvalue weighted by atomic mass is 28.3. The van der Waals surface area contributed by atoms with E-state index in [0.717, 1.165) is 6.17 Å². The van der Waals surface area contributed by atoms with Crippen molar-refractivity contribution in [2.75, 3.05) is 6.17 Å². The smallest absolute Gasteiger partial charge is 0.0669 e. The van der Waals surface area contributed by atoms with Crippen molar-refractivity contribution in [2.45, 2.75) is 32.5 Å². The zero-order chi connectivity index (χ0) is 7.33. The van der Waals surface area contributed by atoms with E-state index in [1.54, 1.807) is 0 Å². The monoisotopic (exact) mass is 146 g/mol. The summed E-state index contributed by atoms with van der Waals surface area (Å²) < 4.78 is 0. The van der Waals surface area contributed by atoms with E-state index in [-0.39, 0.29) is 0 Å². The third kappa shape index (κ3) is 2.98. The molecule has 0 aromatic heterocycles. The second-order valence-electron chi connectivity index (χ2n) is 2.90. The maximum Gasteiger partial charge on any atom is 0.0669 e. The molecule has 0 aliphatic heterocycles. The van der Waals surface area contributed by atoms with E-state index in [0.29, 0.717) is 0 Å². The van der Waals surface area contributed by atoms with Crippen LogP contribution in [0.3, 0.4) is 0 Å². The fourth-order valence-electron chi connectivity index (χ4n) is 0.746. The Kier molecular flexibility index (Phi) is 4.09. The first-order chi connectivity index (χ1) is 4.18. The largest absolute Gasteiger partial charge is 0.272 e. The van der Waals surface area contributed by atoms with E-state index in [9.17, 15) is 0 Å². The zero-order valence-corrected chi connectivity index (χ0v) is 7.70. The molecule has 0 bridgehead atoms. The van der Waals surface area contributed by atoms with Gasteiger partial charge >= 0.3 is 0 Å². The van der Waals surface area contributed by atoms with Crippen molar-refractivity contribution in [1.29, 1.82) is 0 Å². The highest BCUT2D eigenvalue weighted by molar-refractivity contribution is 6.78. The lowest BCUT2D eigenvalue weighted by Gasteiger charge is -2.22. The van der Waals surface area contributed by atoms with E-state index in [4.69, 9.17) is 5.84 Å². The number of nitrogens with one attached hydrogen (secondary N) is 1. The quantitative estimate of drug-likeness (QED) is 0.354. The van der Waals surface area contributed by atoms with Crippen LogP contribution in [0.25, 0.3) is 0 Å². The van der Waals surface area contributed by atoms with Crippen molar-refractivity contribution in [3.05, 3.63) is 0 Å². The van der Waals surface area contributed by atoms with Crippen molar-refractivity contribution in [3.8, 4) is 0 Å². The van der Waals surface area contributed by atoms with Crippen LogP contribution in [0.1, 0.15) is 13.8 Å². The van der Waals surface area contributed by atoms with Crippen LogP contribution in [-0.4, -0.2) is 14.2 Å². The molecule has 0 aliphatic carbocycles. The molecule has 0 spiro atoms. The molecule has 0 radical (unpaired) electrons. The highest BCUT2D eigenvalue weighted by Crippen LogP contribution is 2.11. The molecule has 0 saturated heterocycles. The topological polar surface area (TPSA) is 38.0 Å². The van der Waals surface area contributed by atoms with Gasteiger partial charge in [-0.15, -0.1) is 0 Å². The zero-order valence-electron chi connectivity index (χ0n) is 6.70. The summed E-state index contributed by atoms with van der Waals surface area (Å²) in [6, 6.07) is 2.65. The normalized spacial score (nSPS) is 12.0. The maximum atomic E-state index is 5.25. The van der Waals surface area contributed by atoms with E-state index in [1.165, 1.54) is 12.1 Å². The lowest BCUT2D eigenvalue weighted by Crippen LogP contribution is -2.44. The number of hydrazine groups is 1. The molecule has 0 rings (SSSR count). The Morgan fingerprint density at radius 3 is 1.89 bits per heavy atom. The second-order valence-corrected chi connectivity index (χ2v) is 8.29. The van der Waals surface area contributed by atoms with Crippen LogP contribution < -0.4 is 11.3 Å². The van der Waals surface area contributed by atoms with Crippen LogP contribution in [0.2, 0.25) is 18.6 Å². The number of rotatable bonds is 4. The average Bonchev–Trinajstić information content (AvgIpc) is 1.89. The first-order valence-corrected chi connectivity index (χ1v) is 6.74. The van der Waals surface area contributed by atoms with Gasteiger partial charge in [-0.25, -0.2) is 0 Å². The molecule has 0 fully saturated rings. The van der Waals surface area contributed by atoms with Crippen molar-refractivity contribution in [3.63, 3.8) is 0 Å². The Bertz CT molecular complexity index is 71.5. The van der Waals surface area contributed by atoms with Crippen LogP contribution >= 0.6 is 0 Å². The van der Waals surface area contributed by atoms with Gasteiger partial charge in [-0.1, -0.05) is 32.5 Å². The lowest BCUT2D eigenvalue weighted by molar-refractivity contribution is 0.834. The highest BCUT2D eigenvalue weighted by Gasteiger charge is 2.20. The van der Waals surface area contributed by atoms with Crippen LogP contribution in [0, 0.1) is 0 Å². The molecule has 3 N–H and O–H groups in total. The summed E-state index contributed by atoms with van der Waals surface area (Å²) in [5.41, 5.74) is 2.77. The fraction of sp³-hybridized carbons (Fsp3) is 1.00. The van der Waals surface area contributed by atoms with Crippen LogP contribution in [-0.2, 0) is 0 Å². The summed E-state index contributed by atoms with van der Waals surface area (Å²) in [4.78, 5) is 0. The van der Waals surface area contributed by atoms with Crippen LogP contribution in [0.4, 0.5) is 0 Å². The predicted molar refractivity (Wildman–Crippen MR) is 44.8 cm³/mol. The molecule has 0 heterocycles. The molecule has 0 saturated carbocycles. The van der Waals surface area contributed by atoms with Crippen molar-refractivity contribution < 1.29 is 0 Å². The summed E-state index contributed by atoms with van der Waals surface area (Å²) >= 11 is 0. The first-order valence-electron chi connectivity index (χ1n) is 3.62. The molecule has 0 unspecified atom stereocenters. The van der Waals surface area contributed by atoms with Gasteiger partial charge in [0.2, 0.25) is 0 Å². The summed E-state index contributed by atoms with van der Waals surface area (Å²) in [6.45, 7) is 6.90. The Balaban J connectivity index is 3.62. The standard InChI is InChI=1S/C6H18N2Si/c1-4-9(3,5-2)6-8-7/h8H,4-7H2,1-3H3. The summed E-state index contributed by atoms with van der Waals surface area (Å²) in [7, 11) is -0.933. The Labute approximate surface area is 58.8 Å².